The molecular weight excluding hydrogens is 532 g/mol. The molecule has 7 heteroatoms. The first-order valence-corrected chi connectivity index (χ1v) is 16.4. The zero-order chi connectivity index (χ0) is 29.1. The maximum atomic E-state index is 12.8. The van der Waals surface area contributed by atoms with Gasteiger partial charge in [0.2, 0.25) is 5.75 Å². The minimum atomic E-state index is -0.213. The van der Waals surface area contributed by atoms with Gasteiger partial charge in [0.25, 0.3) is 5.91 Å². The van der Waals surface area contributed by atoms with E-state index in [0.29, 0.717) is 23.9 Å². The second kappa shape index (κ2) is 19.3. The van der Waals surface area contributed by atoms with Crippen molar-refractivity contribution in [2.75, 3.05) is 31.5 Å². The number of allylic oxidation sites excluding steroid dienone is 1. The Kier molecular flexibility index (Phi) is 15.4. The summed E-state index contributed by atoms with van der Waals surface area (Å²) in [7, 11) is 1.62. The van der Waals surface area contributed by atoms with Gasteiger partial charge in [-0.15, -0.1) is 11.8 Å². The topological polar surface area (TPSA) is 60.0 Å². The first-order valence-electron chi connectivity index (χ1n) is 15.5. The molecule has 0 saturated carbocycles. The Labute approximate surface area is 252 Å². The van der Waals surface area contributed by atoms with E-state index in [2.05, 4.69) is 30.3 Å². The van der Waals surface area contributed by atoms with Crippen LogP contribution < -0.4 is 19.5 Å². The highest BCUT2D eigenvalue weighted by molar-refractivity contribution is 8.03. The number of thioether (sulfide) groups is 1. The summed E-state index contributed by atoms with van der Waals surface area (Å²) < 4.78 is 17.6. The van der Waals surface area contributed by atoms with Gasteiger partial charge in [-0.3, -0.25) is 4.79 Å². The van der Waals surface area contributed by atoms with Crippen LogP contribution in [-0.4, -0.2) is 37.0 Å². The van der Waals surface area contributed by atoms with Gasteiger partial charge < -0.3 is 24.4 Å². The van der Waals surface area contributed by atoms with Gasteiger partial charge in [0.05, 0.1) is 19.6 Å². The minimum Gasteiger partial charge on any atom is -0.493 e. The van der Waals surface area contributed by atoms with Gasteiger partial charge in [0.15, 0.2) is 18.1 Å². The molecule has 0 bridgehead atoms. The number of hydrogen-bond donors (Lipinski definition) is 1. The summed E-state index contributed by atoms with van der Waals surface area (Å²) in [5.74, 6) is 2.39. The Morgan fingerprint density at radius 1 is 0.854 bits per heavy atom. The van der Waals surface area contributed by atoms with Crippen LogP contribution in [0, 0.1) is 0 Å². The smallest absolute Gasteiger partial charge is 0.262 e. The number of anilines is 1. The molecule has 0 aliphatic carbocycles. The number of ether oxygens (including phenoxy) is 3. The molecule has 1 amide bonds. The number of rotatable bonds is 21. The number of para-hydroxylation sites is 2. The van der Waals surface area contributed by atoms with E-state index in [4.69, 9.17) is 14.2 Å². The summed E-state index contributed by atoms with van der Waals surface area (Å²) in [4.78, 5) is 16.4. The fourth-order valence-electron chi connectivity index (χ4n) is 4.97. The van der Waals surface area contributed by atoms with Crippen molar-refractivity contribution in [1.29, 1.82) is 0 Å². The minimum absolute atomic E-state index is 0.116. The normalized spacial score (nSPS) is 12.8. The van der Waals surface area contributed by atoms with E-state index in [0.717, 1.165) is 36.5 Å². The van der Waals surface area contributed by atoms with Crippen LogP contribution >= 0.6 is 11.8 Å². The van der Waals surface area contributed by atoms with Gasteiger partial charge >= 0.3 is 0 Å². The maximum Gasteiger partial charge on any atom is 0.262 e. The Morgan fingerprint density at radius 3 is 2.17 bits per heavy atom. The van der Waals surface area contributed by atoms with Gasteiger partial charge in [-0.05, 0) is 42.0 Å². The van der Waals surface area contributed by atoms with Crippen molar-refractivity contribution in [3.05, 3.63) is 59.1 Å². The van der Waals surface area contributed by atoms with Crippen LogP contribution in [0.2, 0.25) is 0 Å². The van der Waals surface area contributed by atoms with Crippen LogP contribution in [0.5, 0.6) is 17.2 Å². The van der Waals surface area contributed by atoms with Crippen molar-refractivity contribution in [3.63, 3.8) is 0 Å². The van der Waals surface area contributed by atoms with E-state index in [-0.39, 0.29) is 12.5 Å². The predicted octanol–water partition coefficient (Wildman–Crippen LogP) is 9.16. The fraction of sp³-hybridized carbons (Fsp3) is 0.559. The van der Waals surface area contributed by atoms with Crippen molar-refractivity contribution in [2.24, 2.45) is 0 Å². The molecule has 0 saturated heterocycles. The zero-order valence-electron chi connectivity index (χ0n) is 25.4. The number of nitrogens with zero attached hydrogens (tertiary/aromatic N) is 1. The SMILES string of the molecule is CCCCCCCCCCCCCCOc1c(OC)cccc1OCC(=O)Nc1ccccc1CN1C=C(C)SC1. The molecule has 0 fully saturated rings. The molecule has 0 spiro atoms. The third-order valence-corrected chi connectivity index (χ3v) is 8.27. The molecule has 0 radical (unpaired) electrons. The van der Waals surface area contributed by atoms with E-state index in [1.54, 1.807) is 7.11 Å². The second-order valence-electron chi connectivity index (χ2n) is 10.8. The van der Waals surface area contributed by atoms with Crippen molar-refractivity contribution < 1.29 is 19.0 Å². The number of unbranched alkanes of at least 4 members (excludes halogenated alkanes) is 11. The molecule has 226 valence electrons. The highest BCUT2D eigenvalue weighted by Gasteiger charge is 2.16. The monoisotopic (exact) mass is 582 g/mol. The third kappa shape index (κ3) is 12.3. The molecule has 41 heavy (non-hydrogen) atoms. The first kappa shape index (κ1) is 32.7. The molecule has 3 rings (SSSR count). The Bertz CT molecular complexity index is 1070. The quantitative estimate of drug-likeness (QED) is 0.148. The molecule has 0 atom stereocenters. The van der Waals surface area contributed by atoms with Crippen molar-refractivity contribution in [1.82, 2.24) is 4.90 Å². The lowest BCUT2D eigenvalue weighted by molar-refractivity contribution is -0.118. The Hall–Kier alpha value is -2.80. The number of hydrogen-bond acceptors (Lipinski definition) is 6. The molecule has 1 aliphatic rings. The summed E-state index contributed by atoms with van der Waals surface area (Å²) in [6.07, 6.45) is 17.8. The third-order valence-electron chi connectivity index (χ3n) is 7.25. The van der Waals surface area contributed by atoms with E-state index in [1.165, 1.54) is 69.1 Å². The highest BCUT2D eigenvalue weighted by Crippen LogP contribution is 2.37. The first-order chi connectivity index (χ1) is 20.1. The number of carbonyl (C=O) groups is 1. The van der Waals surface area contributed by atoms with Crippen molar-refractivity contribution >= 4 is 23.4 Å². The van der Waals surface area contributed by atoms with Crippen LogP contribution in [0.25, 0.3) is 0 Å². The molecular formula is C34H50N2O4S. The molecule has 1 heterocycles. The summed E-state index contributed by atoms with van der Waals surface area (Å²) in [6, 6.07) is 13.4. The molecule has 1 N–H and O–H groups in total. The fourth-order valence-corrected chi connectivity index (χ4v) is 5.72. The van der Waals surface area contributed by atoms with Crippen LogP contribution in [0.15, 0.2) is 53.6 Å². The van der Waals surface area contributed by atoms with Crippen LogP contribution in [0.1, 0.15) is 96.5 Å². The summed E-state index contributed by atoms with van der Waals surface area (Å²) in [6.45, 7) is 5.61. The average Bonchev–Trinajstić information content (AvgIpc) is 3.39. The van der Waals surface area contributed by atoms with E-state index in [9.17, 15) is 4.79 Å². The largest absolute Gasteiger partial charge is 0.493 e. The van der Waals surface area contributed by atoms with Gasteiger partial charge in [-0.25, -0.2) is 0 Å². The van der Waals surface area contributed by atoms with Crippen LogP contribution in [0.3, 0.4) is 0 Å². The van der Waals surface area contributed by atoms with Gasteiger partial charge in [0.1, 0.15) is 0 Å². The Morgan fingerprint density at radius 2 is 1.51 bits per heavy atom. The van der Waals surface area contributed by atoms with Gasteiger partial charge in [-0.1, -0.05) is 102 Å². The van der Waals surface area contributed by atoms with Crippen LogP contribution in [-0.2, 0) is 11.3 Å². The molecule has 2 aromatic carbocycles. The molecule has 0 aromatic heterocycles. The molecule has 6 nitrogen and oxygen atoms in total. The summed E-state index contributed by atoms with van der Waals surface area (Å²) >= 11 is 1.83. The number of amides is 1. The summed E-state index contributed by atoms with van der Waals surface area (Å²) in [5.41, 5.74) is 1.87. The lowest BCUT2D eigenvalue weighted by atomic mass is 10.1. The van der Waals surface area contributed by atoms with Gasteiger partial charge in [-0.2, -0.15) is 0 Å². The lowest BCUT2D eigenvalue weighted by Crippen LogP contribution is -2.22. The lowest BCUT2D eigenvalue weighted by Gasteiger charge is -2.18. The highest BCUT2D eigenvalue weighted by atomic mass is 32.2. The van der Waals surface area contributed by atoms with E-state index in [1.807, 2.05) is 54.2 Å². The molecule has 0 unspecified atom stereocenters. The van der Waals surface area contributed by atoms with Crippen molar-refractivity contribution in [2.45, 2.75) is 97.4 Å². The number of nitrogens with one attached hydrogen (secondary N) is 1. The Balaban J connectivity index is 1.39. The predicted molar refractivity (Wildman–Crippen MR) is 172 cm³/mol. The number of methoxy groups -OCH3 is 1. The van der Waals surface area contributed by atoms with Crippen LogP contribution in [0.4, 0.5) is 5.69 Å². The number of benzene rings is 2. The molecule has 2 aromatic rings. The zero-order valence-corrected chi connectivity index (χ0v) is 26.2. The average molecular weight is 583 g/mol. The van der Waals surface area contributed by atoms with Crippen molar-refractivity contribution in [3.8, 4) is 17.2 Å². The van der Waals surface area contributed by atoms with Gasteiger partial charge in [0, 0.05) is 18.4 Å². The second-order valence-corrected chi connectivity index (χ2v) is 12.0. The van der Waals surface area contributed by atoms with E-state index >= 15 is 0 Å². The standard InChI is InChI=1S/C34H50N2O4S/c1-4-5-6-7-8-9-10-11-12-13-14-17-23-39-34-31(38-3)21-18-22-32(34)40-26-33(37)35-30-20-16-15-19-29(30)25-36-24-28(2)41-27-36/h15-16,18-22,24H,4-14,17,23,25-27H2,1-3H3,(H,35,37). The summed E-state index contributed by atoms with van der Waals surface area (Å²) in [5, 5.41) is 3.02. The maximum absolute atomic E-state index is 12.8. The molecule has 1 aliphatic heterocycles. The van der Waals surface area contributed by atoms with E-state index < -0.39 is 0 Å². The number of carbonyl (C=O) groups excluding carboxylic acids is 1.